The van der Waals surface area contributed by atoms with Crippen LogP contribution in [0.5, 0.6) is 0 Å². The van der Waals surface area contributed by atoms with Crippen molar-refractivity contribution in [2.75, 3.05) is 14.2 Å². The minimum absolute atomic E-state index is 0.180. The van der Waals surface area contributed by atoms with Crippen molar-refractivity contribution in [1.29, 1.82) is 0 Å². The highest BCUT2D eigenvalue weighted by Gasteiger charge is 2.24. The zero-order chi connectivity index (χ0) is 18.5. The van der Waals surface area contributed by atoms with Crippen molar-refractivity contribution in [3.05, 3.63) is 83.9 Å². The van der Waals surface area contributed by atoms with E-state index in [1.54, 1.807) is 6.07 Å². The van der Waals surface area contributed by atoms with Gasteiger partial charge in [0.05, 0.1) is 25.3 Å². The predicted molar refractivity (Wildman–Crippen MR) is 100.0 cm³/mol. The van der Waals surface area contributed by atoms with Gasteiger partial charge in [0.2, 0.25) is 0 Å². The van der Waals surface area contributed by atoms with Crippen LogP contribution in [0, 0.1) is 0 Å². The van der Waals surface area contributed by atoms with Crippen LogP contribution in [0.2, 0.25) is 0 Å². The van der Waals surface area contributed by atoms with Crippen LogP contribution in [0.4, 0.5) is 0 Å². The molecule has 0 aliphatic rings. The molecule has 130 valence electrons. The van der Waals surface area contributed by atoms with Gasteiger partial charge < -0.3 is 9.47 Å². The number of benzene rings is 3. The quantitative estimate of drug-likeness (QED) is 0.648. The third-order valence-corrected chi connectivity index (χ3v) is 4.13. The first-order chi connectivity index (χ1) is 12.7. The molecular formula is C22H18O4. The van der Waals surface area contributed by atoms with E-state index in [4.69, 9.17) is 9.47 Å². The van der Waals surface area contributed by atoms with Gasteiger partial charge in [-0.25, -0.2) is 9.59 Å². The van der Waals surface area contributed by atoms with Gasteiger partial charge in [-0.05, 0) is 34.4 Å². The Kier molecular flexibility index (Phi) is 5.13. The predicted octanol–water partition coefficient (Wildman–Crippen LogP) is 4.59. The van der Waals surface area contributed by atoms with Gasteiger partial charge in [0.15, 0.2) is 0 Å². The number of methoxy groups -OCH3 is 2. The number of hydrogen-bond acceptors (Lipinski definition) is 4. The molecule has 0 aliphatic carbocycles. The van der Waals surface area contributed by atoms with Gasteiger partial charge >= 0.3 is 11.9 Å². The maximum absolute atomic E-state index is 12.5. The Hall–Kier alpha value is -3.40. The second-order valence-electron chi connectivity index (χ2n) is 5.66. The minimum atomic E-state index is -0.583. The van der Waals surface area contributed by atoms with Crippen molar-refractivity contribution in [3.8, 4) is 22.3 Å². The zero-order valence-corrected chi connectivity index (χ0v) is 14.6. The van der Waals surface area contributed by atoms with Gasteiger partial charge in [-0.2, -0.15) is 0 Å². The highest BCUT2D eigenvalue weighted by molar-refractivity contribution is 6.09. The normalized spacial score (nSPS) is 10.2. The number of carbonyl (C=O) groups is 2. The van der Waals surface area contributed by atoms with E-state index in [2.05, 4.69) is 0 Å². The number of hydrogen-bond donors (Lipinski definition) is 0. The summed E-state index contributed by atoms with van der Waals surface area (Å²) in [7, 11) is 2.59. The molecule has 3 aromatic rings. The summed E-state index contributed by atoms with van der Waals surface area (Å²) in [4.78, 5) is 24.9. The van der Waals surface area contributed by atoms with Crippen molar-refractivity contribution in [2.45, 2.75) is 0 Å². The van der Waals surface area contributed by atoms with E-state index in [0.29, 0.717) is 5.56 Å². The molecule has 0 atom stereocenters. The van der Waals surface area contributed by atoms with Crippen LogP contribution in [0.3, 0.4) is 0 Å². The van der Waals surface area contributed by atoms with Gasteiger partial charge in [-0.15, -0.1) is 0 Å². The molecule has 0 N–H and O–H groups in total. The Bertz CT molecular complexity index is 931. The van der Waals surface area contributed by atoms with Gasteiger partial charge in [-0.1, -0.05) is 60.7 Å². The molecular weight excluding hydrogens is 328 g/mol. The first kappa shape index (κ1) is 17.4. The van der Waals surface area contributed by atoms with Crippen LogP contribution < -0.4 is 0 Å². The summed E-state index contributed by atoms with van der Waals surface area (Å²) in [5.41, 5.74) is 3.57. The summed E-state index contributed by atoms with van der Waals surface area (Å²) in [6, 6.07) is 22.6. The van der Waals surface area contributed by atoms with Crippen LogP contribution in [0.25, 0.3) is 22.3 Å². The summed E-state index contributed by atoms with van der Waals surface area (Å²) in [6.07, 6.45) is 0. The van der Waals surface area contributed by atoms with E-state index in [9.17, 15) is 9.59 Å². The van der Waals surface area contributed by atoms with E-state index in [1.807, 2.05) is 66.7 Å². The third-order valence-electron chi connectivity index (χ3n) is 4.13. The lowest BCUT2D eigenvalue weighted by Gasteiger charge is -2.15. The standard InChI is InChI=1S/C22H18O4/c1-25-21(23)19-14-17(15-9-5-3-6-10-15)13-18(20(19)22(24)26-2)16-11-7-4-8-12-16/h3-14H,1-2H3. The second-order valence-corrected chi connectivity index (χ2v) is 5.66. The van der Waals surface area contributed by atoms with Crippen LogP contribution in [-0.2, 0) is 9.47 Å². The number of esters is 2. The molecule has 0 spiro atoms. The molecule has 0 amide bonds. The summed E-state index contributed by atoms with van der Waals surface area (Å²) in [6.45, 7) is 0. The second kappa shape index (κ2) is 7.66. The summed E-state index contributed by atoms with van der Waals surface area (Å²) < 4.78 is 9.84. The fourth-order valence-corrected chi connectivity index (χ4v) is 2.88. The largest absolute Gasteiger partial charge is 0.465 e. The Balaban J connectivity index is 2.35. The van der Waals surface area contributed by atoms with Crippen LogP contribution >= 0.6 is 0 Å². The summed E-state index contributed by atoms with van der Waals surface area (Å²) in [5.74, 6) is -1.16. The molecule has 0 fully saturated rings. The van der Waals surface area contributed by atoms with E-state index >= 15 is 0 Å². The van der Waals surface area contributed by atoms with Gasteiger partial charge in [-0.3, -0.25) is 0 Å². The van der Waals surface area contributed by atoms with Crippen molar-refractivity contribution >= 4 is 11.9 Å². The lowest BCUT2D eigenvalue weighted by molar-refractivity contribution is 0.0556. The Morgan fingerprint density at radius 1 is 0.654 bits per heavy atom. The average Bonchev–Trinajstić information content (AvgIpc) is 2.72. The Morgan fingerprint density at radius 3 is 1.73 bits per heavy atom. The fraction of sp³-hybridized carbons (Fsp3) is 0.0909. The average molecular weight is 346 g/mol. The van der Waals surface area contributed by atoms with E-state index in [-0.39, 0.29) is 11.1 Å². The monoisotopic (exact) mass is 346 g/mol. The molecule has 26 heavy (non-hydrogen) atoms. The SMILES string of the molecule is COC(=O)c1cc(-c2ccccc2)cc(-c2ccccc2)c1C(=O)OC. The Labute approximate surface area is 152 Å². The molecule has 0 saturated carbocycles. The molecule has 4 heteroatoms. The molecule has 0 saturated heterocycles. The Morgan fingerprint density at radius 2 is 1.19 bits per heavy atom. The van der Waals surface area contributed by atoms with E-state index < -0.39 is 11.9 Å². The number of ether oxygens (including phenoxy) is 2. The van der Waals surface area contributed by atoms with E-state index in [0.717, 1.165) is 16.7 Å². The van der Waals surface area contributed by atoms with Crippen LogP contribution in [0.1, 0.15) is 20.7 Å². The minimum Gasteiger partial charge on any atom is -0.465 e. The topological polar surface area (TPSA) is 52.6 Å². The van der Waals surface area contributed by atoms with Crippen molar-refractivity contribution in [3.63, 3.8) is 0 Å². The van der Waals surface area contributed by atoms with E-state index in [1.165, 1.54) is 14.2 Å². The molecule has 0 unspecified atom stereocenters. The highest BCUT2D eigenvalue weighted by atomic mass is 16.5. The fourth-order valence-electron chi connectivity index (χ4n) is 2.88. The van der Waals surface area contributed by atoms with Crippen molar-refractivity contribution < 1.29 is 19.1 Å². The lowest BCUT2D eigenvalue weighted by atomic mass is 9.90. The molecule has 0 radical (unpaired) electrons. The number of rotatable bonds is 4. The maximum atomic E-state index is 12.5. The number of carbonyl (C=O) groups excluding carboxylic acids is 2. The molecule has 0 heterocycles. The summed E-state index contributed by atoms with van der Waals surface area (Å²) in [5, 5.41) is 0. The summed E-state index contributed by atoms with van der Waals surface area (Å²) >= 11 is 0. The molecule has 4 nitrogen and oxygen atoms in total. The highest BCUT2D eigenvalue weighted by Crippen LogP contribution is 2.33. The van der Waals surface area contributed by atoms with Crippen molar-refractivity contribution in [2.24, 2.45) is 0 Å². The van der Waals surface area contributed by atoms with Crippen LogP contribution in [-0.4, -0.2) is 26.2 Å². The van der Waals surface area contributed by atoms with Crippen molar-refractivity contribution in [1.82, 2.24) is 0 Å². The van der Waals surface area contributed by atoms with Gasteiger partial charge in [0, 0.05) is 0 Å². The molecule has 0 aliphatic heterocycles. The first-order valence-corrected chi connectivity index (χ1v) is 8.11. The van der Waals surface area contributed by atoms with Crippen LogP contribution in [0.15, 0.2) is 72.8 Å². The maximum Gasteiger partial charge on any atom is 0.339 e. The first-order valence-electron chi connectivity index (χ1n) is 8.11. The molecule has 0 aromatic heterocycles. The lowest BCUT2D eigenvalue weighted by Crippen LogP contribution is -2.14. The molecule has 3 aromatic carbocycles. The molecule has 3 rings (SSSR count). The third kappa shape index (κ3) is 3.35. The smallest absolute Gasteiger partial charge is 0.339 e. The van der Waals surface area contributed by atoms with Gasteiger partial charge in [0.25, 0.3) is 0 Å². The van der Waals surface area contributed by atoms with Gasteiger partial charge in [0.1, 0.15) is 0 Å². The molecule has 0 bridgehead atoms. The zero-order valence-electron chi connectivity index (χ0n) is 14.6.